The van der Waals surface area contributed by atoms with Gasteiger partial charge in [0.25, 0.3) is 0 Å². The van der Waals surface area contributed by atoms with Crippen molar-refractivity contribution in [2.45, 2.75) is 45.5 Å². The second kappa shape index (κ2) is 4.31. The molecule has 0 aliphatic carbocycles. The summed E-state index contributed by atoms with van der Waals surface area (Å²) in [6.07, 6.45) is 2.70. The van der Waals surface area contributed by atoms with Gasteiger partial charge in [0.15, 0.2) is 0 Å². The third-order valence-corrected chi connectivity index (χ3v) is 2.84. The van der Waals surface area contributed by atoms with Crippen molar-refractivity contribution in [3.8, 4) is 0 Å². The van der Waals surface area contributed by atoms with Gasteiger partial charge in [0.1, 0.15) is 0 Å². The summed E-state index contributed by atoms with van der Waals surface area (Å²) in [6, 6.07) is 0. The van der Waals surface area contributed by atoms with Crippen molar-refractivity contribution < 1.29 is 4.74 Å². The standard InChI is InChI=1S/C10H19BO/c1-4-10-9(7(2)3)5-8(11)6-12-10/h7-10H,4-6H2,1-3H3/t8-,9?,10+/m0/s1. The molecule has 2 radical (unpaired) electrons. The lowest BCUT2D eigenvalue weighted by Crippen LogP contribution is -2.35. The predicted molar refractivity (Wildman–Crippen MR) is 52.5 cm³/mol. The zero-order valence-corrected chi connectivity index (χ0v) is 8.42. The Labute approximate surface area is 77.3 Å². The summed E-state index contributed by atoms with van der Waals surface area (Å²) in [5.74, 6) is 1.63. The molecule has 1 nitrogen and oxygen atoms in total. The smallest absolute Gasteiger partial charge is 0.0730 e. The molecular weight excluding hydrogens is 147 g/mol. The van der Waals surface area contributed by atoms with Crippen molar-refractivity contribution in [1.29, 1.82) is 0 Å². The van der Waals surface area contributed by atoms with Gasteiger partial charge in [-0.15, -0.1) is 0 Å². The average molecular weight is 166 g/mol. The minimum atomic E-state index is 0.264. The highest BCUT2D eigenvalue weighted by Crippen LogP contribution is 2.33. The third kappa shape index (κ3) is 2.26. The Morgan fingerprint density at radius 1 is 1.50 bits per heavy atom. The lowest BCUT2D eigenvalue weighted by molar-refractivity contribution is -0.0422. The van der Waals surface area contributed by atoms with E-state index >= 15 is 0 Å². The Morgan fingerprint density at radius 3 is 2.67 bits per heavy atom. The quantitative estimate of drug-likeness (QED) is 0.572. The molecule has 0 N–H and O–H groups in total. The largest absolute Gasteiger partial charge is 0.378 e. The molecule has 2 heteroatoms. The van der Waals surface area contributed by atoms with Gasteiger partial charge in [-0.3, -0.25) is 0 Å². The molecule has 68 valence electrons. The fourth-order valence-electron chi connectivity index (χ4n) is 2.06. The van der Waals surface area contributed by atoms with Gasteiger partial charge in [-0.1, -0.05) is 33.0 Å². The van der Waals surface area contributed by atoms with Crippen LogP contribution in [-0.4, -0.2) is 20.6 Å². The van der Waals surface area contributed by atoms with Crippen LogP contribution in [0, 0.1) is 11.8 Å². The molecule has 12 heavy (non-hydrogen) atoms. The lowest BCUT2D eigenvalue weighted by atomic mass is 9.72. The molecule has 0 bridgehead atoms. The molecule has 1 aliphatic rings. The summed E-state index contributed by atoms with van der Waals surface area (Å²) >= 11 is 0. The van der Waals surface area contributed by atoms with E-state index in [1.807, 2.05) is 0 Å². The Morgan fingerprint density at radius 2 is 2.17 bits per heavy atom. The first-order chi connectivity index (χ1) is 5.65. The Hall–Kier alpha value is 0.0249. The first-order valence-corrected chi connectivity index (χ1v) is 5.02. The van der Waals surface area contributed by atoms with Crippen LogP contribution in [0.25, 0.3) is 0 Å². The molecule has 1 heterocycles. The van der Waals surface area contributed by atoms with Gasteiger partial charge in [-0.25, -0.2) is 0 Å². The van der Waals surface area contributed by atoms with Crippen LogP contribution in [0.1, 0.15) is 33.6 Å². The molecular formula is C10H19BO. The molecule has 0 spiro atoms. The topological polar surface area (TPSA) is 9.23 Å². The first-order valence-electron chi connectivity index (χ1n) is 5.02. The fraction of sp³-hybridized carbons (Fsp3) is 1.00. The lowest BCUT2D eigenvalue weighted by Gasteiger charge is -2.37. The van der Waals surface area contributed by atoms with E-state index in [-0.39, 0.29) is 5.82 Å². The summed E-state index contributed by atoms with van der Waals surface area (Å²) in [7, 11) is 5.85. The van der Waals surface area contributed by atoms with Crippen molar-refractivity contribution >= 4 is 7.85 Å². The van der Waals surface area contributed by atoms with E-state index < -0.39 is 0 Å². The Kier molecular flexibility index (Phi) is 3.63. The second-order valence-corrected chi connectivity index (χ2v) is 4.18. The summed E-state index contributed by atoms with van der Waals surface area (Å²) in [5.41, 5.74) is 0. The molecule has 0 saturated carbocycles. The van der Waals surface area contributed by atoms with Gasteiger partial charge in [0.05, 0.1) is 14.0 Å². The van der Waals surface area contributed by atoms with Crippen LogP contribution < -0.4 is 0 Å². The fourth-order valence-corrected chi connectivity index (χ4v) is 2.06. The summed E-state index contributed by atoms with van der Waals surface area (Å²) < 4.78 is 5.69. The van der Waals surface area contributed by atoms with Crippen LogP contribution in [0.4, 0.5) is 0 Å². The van der Waals surface area contributed by atoms with Crippen molar-refractivity contribution in [3.05, 3.63) is 0 Å². The van der Waals surface area contributed by atoms with E-state index in [0.29, 0.717) is 17.9 Å². The maximum Gasteiger partial charge on any atom is 0.0730 e. The van der Waals surface area contributed by atoms with Gasteiger partial charge in [-0.05, 0) is 18.3 Å². The van der Waals surface area contributed by atoms with Crippen molar-refractivity contribution in [2.24, 2.45) is 11.8 Å². The molecule has 1 rings (SSSR count). The van der Waals surface area contributed by atoms with E-state index in [4.69, 9.17) is 12.6 Å². The zero-order valence-electron chi connectivity index (χ0n) is 8.42. The normalized spacial score (nSPS) is 37.2. The highest BCUT2D eigenvalue weighted by Gasteiger charge is 2.29. The van der Waals surface area contributed by atoms with Gasteiger partial charge in [0.2, 0.25) is 0 Å². The minimum Gasteiger partial charge on any atom is -0.378 e. The molecule has 1 unspecified atom stereocenters. The van der Waals surface area contributed by atoms with E-state index in [1.165, 1.54) is 0 Å². The highest BCUT2D eigenvalue weighted by molar-refractivity contribution is 6.11. The zero-order chi connectivity index (χ0) is 9.14. The van der Waals surface area contributed by atoms with Crippen LogP contribution in [-0.2, 0) is 4.74 Å². The monoisotopic (exact) mass is 166 g/mol. The third-order valence-electron chi connectivity index (χ3n) is 2.84. The number of hydrogen-bond donors (Lipinski definition) is 0. The first kappa shape index (κ1) is 10.1. The van der Waals surface area contributed by atoms with E-state index in [0.717, 1.165) is 19.4 Å². The summed E-state index contributed by atoms with van der Waals surface area (Å²) in [5, 5.41) is 0. The highest BCUT2D eigenvalue weighted by atomic mass is 16.5. The van der Waals surface area contributed by atoms with Gasteiger partial charge < -0.3 is 4.74 Å². The van der Waals surface area contributed by atoms with Crippen molar-refractivity contribution in [2.75, 3.05) is 6.61 Å². The molecule has 0 aromatic carbocycles. The molecule has 0 aromatic rings. The van der Waals surface area contributed by atoms with E-state index in [9.17, 15) is 0 Å². The molecule has 1 saturated heterocycles. The molecule has 1 fully saturated rings. The van der Waals surface area contributed by atoms with Crippen LogP contribution >= 0.6 is 0 Å². The van der Waals surface area contributed by atoms with Gasteiger partial charge >= 0.3 is 0 Å². The Balaban J connectivity index is 2.52. The number of hydrogen-bond acceptors (Lipinski definition) is 1. The maximum atomic E-state index is 5.85. The van der Waals surface area contributed by atoms with E-state index in [2.05, 4.69) is 20.8 Å². The predicted octanol–water partition coefficient (Wildman–Crippen LogP) is 2.41. The summed E-state index contributed by atoms with van der Waals surface area (Å²) in [6.45, 7) is 7.46. The number of ether oxygens (including phenoxy) is 1. The van der Waals surface area contributed by atoms with Crippen LogP contribution in [0.3, 0.4) is 0 Å². The molecule has 1 aliphatic heterocycles. The second-order valence-electron chi connectivity index (χ2n) is 4.18. The molecule has 3 atom stereocenters. The maximum absolute atomic E-state index is 5.85. The Bertz CT molecular complexity index is 136. The van der Waals surface area contributed by atoms with Gasteiger partial charge in [0, 0.05) is 6.61 Å². The van der Waals surface area contributed by atoms with Gasteiger partial charge in [-0.2, -0.15) is 0 Å². The molecule has 0 aromatic heterocycles. The average Bonchev–Trinajstić information content (AvgIpc) is 2.04. The van der Waals surface area contributed by atoms with Crippen LogP contribution in [0.5, 0.6) is 0 Å². The van der Waals surface area contributed by atoms with Crippen LogP contribution in [0.15, 0.2) is 0 Å². The van der Waals surface area contributed by atoms with Crippen molar-refractivity contribution in [1.82, 2.24) is 0 Å². The van der Waals surface area contributed by atoms with Crippen LogP contribution in [0.2, 0.25) is 5.82 Å². The minimum absolute atomic E-state index is 0.264. The van der Waals surface area contributed by atoms with Crippen molar-refractivity contribution in [3.63, 3.8) is 0 Å². The SMILES string of the molecule is [B][C@@H]1CO[C@H](CC)C(C(C)C)C1. The number of rotatable bonds is 2. The summed E-state index contributed by atoms with van der Waals surface area (Å²) in [4.78, 5) is 0. The molecule has 0 amide bonds. The van der Waals surface area contributed by atoms with E-state index in [1.54, 1.807) is 0 Å².